The second-order valence-corrected chi connectivity index (χ2v) is 4.75. The molecule has 0 aromatic heterocycles. The molecular weight excluding hydrogens is 217 g/mol. The third kappa shape index (κ3) is 6.33. The average Bonchev–Trinajstić information content (AvgIpc) is 2.13. The molecule has 0 radical (unpaired) electrons. The molecule has 2 atom stereocenters. The van der Waals surface area contributed by atoms with E-state index in [4.69, 9.17) is 0 Å². The summed E-state index contributed by atoms with van der Waals surface area (Å²) >= 11 is 0. The molecule has 0 aliphatic carbocycles. The normalized spacial score (nSPS) is 16.9. The molecule has 0 saturated heterocycles. The zero-order chi connectivity index (χ0) is 12.9. The smallest absolute Gasteiger partial charge is 0.307 e. The molecule has 0 heterocycles. The van der Waals surface area contributed by atoms with Gasteiger partial charge >= 0.3 is 6.18 Å². The second kappa shape index (κ2) is 6.45. The van der Waals surface area contributed by atoms with Gasteiger partial charge in [0.2, 0.25) is 0 Å². The largest absolute Gasteiger partial charge is 0.401 e. The average molecular weight is 240 g/mol. The summed E-state index contributed by atoms with van der Waals surface area (Å²) in [5.74, 6) is 0.495. The van der Waals surface area contributed by atoms with Crippen molar-refractivity contribution >= 4 is 0 Å². The predicted molar refractivity (Wildman–Crippen MR) is 60.4 cm³/mol. The predicted octanol–water partition coefficient (Wildman–Crippen LogP) is 2.50. The summed E-state index contributed by atoms with van der Waals surface area (Å²) in [5.41, 5.74) is 0. The Bertz CT molecular complexity index is 192. The fraction of sp³-hybridized carbons (Fsp3) is 1.00. The van der Waals surface area contributed by atoms with E-state index in [1.807, 2.05) is 14.0 Å². The van der Waals surface area contributed by atoms with Crippen molar-refractivity contribution in [3.05, 3.63) is 0 Å². The molecule has 5 heteroatoms. The summed E-state index contributed by atoms with van der Waals surface area (Å²) in [6.07, 6.45) is -4.12. The molecule has 0 amide bonds. The quantitative estimate of drug-likeness (QED) is 0.767. The minimum atomic E-state index is -4.12. The van der Waals surface area contributed by atoms with Crippen molar-refractivity contribution in [2.75, 3.05) is 20.1 Å². The van der Waals surface area contributed by atoms with Gasteiger partial charge in [-0.2, -0.15) is 13.2 Å². The summed E-state index contributed by atoms with van der Waals surface area (Å²) in [6.45, 7) is 7.68. The molecule has 0 saturated carbocycles. The van der Waals surface area contributed by atoms with Crippen LogP contribution in [-0.2, 0) is 0 Å². The molecule has 0 spiro atoms. The van der Waals surface area contributed by atoms with Crippen LogP contribution < -0.4 is 5.32 Å². The maximum Gasteiger partial charge on any atom is 0.401 e. The van der Waals surface area contributed by atoms with Crippen LogP contribution in [0.1, 0.15) is 27.7 Å². The Kier molecular flexibility index (Phi) is 6.33. The van der Waals surface area contributed by atoms with Gasteiger partial charge in [0.25, 0.3) is 0 Å². The van der Waals surface area contributed by atoms with E-state index < -0.39 is 12.7 Å². The third-order valence-corrected chi connectivity index (χ3v) is 3.07. The number of hydrogen-bond donors (Lipinski definition) is 1. The van der Waals surface area contributed by atoms with E-state index in [1.54, 1.807) is 0 Å². The van der Waals surface area contributed by atoms with Crippen molar-refractivity contribution in [3.8, 4) is 0 Å². The molecule has 2 unspecified atom stereocenters. The lowest BCUT2D eigenvalue weighted by atomic mass is 10.0. The molecule has 0 aromatic carbocycles. The highest BCUT2D eigenvalue weighted by atomic mass is 19.4. The molecule has 0 aliphatic rings. The van der Waals surface area contributed by atoms with Crippen molar-refractivity contribution in [1.82, 2.24) is 10.2 Å². The van der Waals surface area contributed by atoms with Gasteiger partial charge < -0.3 is 5.32 Å². The lowest BCUT2D eigenvalue weighted by Gasteiger charge is -2.33. The number of nitrogens with zero attached hydrogens (tertiary/aromatic N) is 1. The lowest BCUT2D eigenvalue weighted by molar-refractivity contribution is -0.125. The number of likely N-dealkylation sites (N-methyl/N-ethyl adjacent to an activating group) is 1. The van der Waals surface area contributed by atoms with Crippen LogP contribution in [0, 0.1) is 5.92 Å². The topological polar surface area (TPSA) is 15.3 Å². The third-order valence-electron chi connectivity index (χ3n) is 3.07. The van der Waals surface area contributed by atoms with Gasteiger partial charge in [-0.25, -0.2) is 0 Å². The minimum absolute atomic E-state index is 0.0970. The van der Waals surface area contributed by atoms with E-state index >= 15 is 0 Å². The SMILES string of the molecule is CC(C)C(C)N(C)C(C)CNCC(F)(F)F. The van der Waals surface area contributed by atoms with Crippen molar-refractivity contribution in [2.45, 2.75) is 46.0 Å². The van der Waals surface area contributed by atoms with E-state index in [2.05, 4.69) is 31.0 Å². The van der Waals surface area contributed by atoms with Gasteiger partial charge in [0, 0.05) is 18.6 Å². The highest BCUT2D eigenvalue weighted by Crippen LogP contribution is 2.13. The summed E-state index contributed by atoms with van der Waals surface area (Å²) in [7, 11) is 1.95. The lowest BCUT2D eigenvalue weighted by Crippen LogP contribution is -2.46. The molecule has 0 bridgehead atoms. The Morgan fingerprint density at radius 2 is 1.62 bits per heavy atom. The van der Waals surface area contributed by atoms with Crippen molar-refractivity contribution in [2.24, 2.45) is 5.92 Å². The van der Waals surface area contributed by atoms with Gasteiger partial charge in [0.05, 0.1) is 6.54 Å². The van der Waals surface area contributed by atoms with Crippen molar-refractivity contribution in [3.63, 3.8) is 0 Å². The van der Waals surface area contributed by atoms with Crippen LogP contribution in [0.3, 0.4) is 0 Å². The van der Waals surface area contributed by atoms with Crippen LogP contribution in [0.2, 0.25) is 0 Å². The second-order valence-electron chi connectivity index (χ2n) is 4.75. The molecule has 0 aliphatic heterocycles. The standard InChI is InChI=1S/C11H23F3N2/c1-8(2)10(4)16(5)9(3)6-15-7-11(12,13)14/h8-10,15H,6-7H2,1-5H3. The number of rotatable bonds is 6. The first-order chi connectivity index (χ1) is 7.15. The molecule has 1 N–H and O–H groups in total. The van der Waals surface area contributed by atoms with Gasteiger partial charge in [-0.1, -0.05) is 13.8 Å². The molecule has 16 heavy (non-hydrogen) atoms. The molecule has 0 fully saturated rings. The van der Waals surface area contributed by atoms with E-state index in [9.17, 15) is 13.2 Å². The first kappa shape index (κ1) is 15.7. The summed E-state index contributed by atoms with van der Waals surface area (Å²) in [4.78, 5) is 2.11. The van der Waals surface area contributed by atoms with Crippen LogP contribution in [0.15, 0.2) is 0 Å². The molecule has 0 rings (SSSR count). The highest BCUT2D eigenvalue weighted by molar-refractivity contribution is 4.74. The van der Waals surface area contributed by atoms with E-state index in [-0.39, 0.29) is 6.04 Å². The fourth-order valence-corrected chi connectivity index (χ4v) is 1.44. The summed E-state index contributed by atoms with van der Waals surface area (Å²) in [6, 6.07) is 0.461. The van der Waals surface area contributed by atoms with Gasteiger partial charge in [0.15, 0.2) is 0 Å². The van der Waals surface area contributed by atoms with Crippen LogP contribution in [0.25, 0.3) is 0 Å². The Morgan fingerprint density at radius 1 is 1.12 bits per heavy atom. The maximum atomic E-state index is 11.9. The summed E-state index contributed by atoms with van der Waals surface area (Å²) < 4.78 is 35.8. The van der Waals surface area contributed by atoms with Crippen LogP contribution in [0.5, 0.6) is 0 Å². The van der Waals surface area contributed by atoms with E-state index in [1.165, 1.54) is 0 Å². The van der Waals surface area contributed by atoms with Gasteiger partial charge in [-0.3, -0.25) is 4.90 Å². The van der Waals surface area contributed by atoms with Gasteiger partial charge in [-0.15, -0.1) is 0 Å². The fourth-order valence-electron chi connectivity index (χ4n) is 1.44. The minimum Gasteiger partial charge on any atom is -0.307 e. The summed E-state index contributed by atoms with van der Waals surface area (Å²) in [5, 5.41) is 2.43. The molecular formula is C11H23F3N2. The highest BCUT2D eigenvalue weighted by Gasteiger charge is 2.27. The maximum absolute atomic E-state index is 11.9. The zero-order valence-electron chi connectivity index (χ0n) is 10.7. The zero-order valence-corrected chi connectivity index (χ0v) is 10.7. The Labute approximate surface area is 96.2 Å². The number of hydrogen-bond acceptors (Lipinski definition) is 2. The van der Waals surface area contributed by atoms with Crippen LogP contribution in [0.4, 0.5) is 13.2 Å². The van der Waals surface area contributed by atoms with Crippen molar-refractivity contribution in [1.29, 1.82) is 0 Å². The Morgan fingerprint density at radius 3 is 2.00 bits per heavy atom. The van der Waals surface area contributed by atoms with Crippen LogP contribution >= 0.6 is 0 Å². The number of alkyl halides is 3. The van der Waals surface area contributed by atoms with Crippen molar-refractivity contribution < 1.29 is 13.2 Å². The Balaban J connectivity index is 3.93. The number of halogens is 3. The Hall–Kier alpha value is -0.290. The number of nitrogens with one attached hydrogen (secondary N) is 1. The van der Waals surface area contributed by atoms with Crippen LogP contribution in [-0.4, -0.2) is 43.3 Å². The monoisotopic (exact) mass is 240 g/mol. The first-order valence-corrected chi connectivity index (χ1v) is 5.64. The molecule has 2 nitrogen and oxygen atoms in total. The molecule has 98 valence electrons. The van der Waals surface area contributed by atoms with Gasteiger partial charge in [-0.05, 0) is 26.8 Å². The van der Waals surface area contributed by atoms with E-state index in [0.29, 0.717) is 18.5 Å². The van der Waals surface area contributed by atoms with E-state index in [0.717, 1.165) is 0 Å². The molecule has 0 aromatic rings. The first-order valence-electron chi connectivity index (χ1n) is 5.64. The van der Waals surface area contributed by atoms with Gasteiger partial charge in [0.1, 0.15) is 0 Å².